The van der Waals surface area contributed by atoms with Crippen LogP contribution in [0, 0.1) is 13.8 Å². The zero-order valence-electron chi connectivity index (χ0n) is 18.0. The quantitative estimate of drug-likeness (QED) is 0.352. The Kier molecular flexibility index (Phi) is 7.62. The van der Waals surface area contributed by atoms with Gasteiger partial charge in [-0.05, 0) is 57.5 Å². The van der Waals surface area contributed by atoms with Crippen LogP contribution in [0.25, 0.3) is 0 Å². The Balaban J connectivity index is 2.48. The fraction of sp³-hybridized carbons (Fsp3) is 0.348. The summed E-state index contributed by atoms with van der Waals surface area (Å²) in [6, 6.07) is 5.74. The van der Waals surface area contributed by atoms with Gasteiger partial charge in [-0.1, -0.05) is 17.7 Å². The first-order chi connectivity index (χ1) is 14.2. The van der Waals surface area contributed by atoms with Crippen molar-refractivity contribution in [1.29, 1.82) is 0 Å². The molecule has 1 aromatic heterocycles. The number of amides is 1. The molecule has 6 nitrogen and oxygen atoms in total. The van der Waals surface area contributed by atoms with E-state index in [2.05, 4.69) is 6.58 Å². The van der Waals surface area contributed by atoms with E-state index in [1.807, 2.05) is 6.92 Å². The topological polar surface area (TPSA) is 68.6 Å². The Morgan fingerprint density at radius 2 is 1.83 bits per heavy atom. The first-order valence-corrected chi connectivity index (χ1v) is 10.1. The zero-order chi connectivity index (χ0) is 22.6. The maximum Gasteiger partial charge on any atom is 0.354 e. The number of aromatic nitrogens is 1. The number of carbonyl (C=O) groups is 3. The van der Waals surface area contributed by atoms with Crippen LogP contribution in [0.2, 0.25) is 5.02 Å². The van der Waals surface area contributed by atoms with E-state index in [4.69, 9.17) is 16.3 Å². The number of benzene rings is 1. The largest absolute Gasteiger partial charge is 0.464 e. The number of ketones is 1. The van der Waals surface area contributed by atoms with Crippen molar-refractivity contribution in [2.45, 2.75) is 40.3 Å². The number of methoxy groups -OCH3 is 1. The summed E-state index contributed by atoms with van der Waals surface area (Å²) in [5, 5.41) is 0.522. The number of Topliss-reactive ketones (excluding diaryl/α,β-unsaturated/α-hetero) is 1. The lowest BCUT2D eigenvalue weighted by atomic mass is 9.99. The third-order valence-corrected chi connectivity index (χ3v) is 5.48. The molecule has 1 amide bonds. The van der Waals surface area contributed by atoms with Crippen LogP contribution in [0.3, 0.4) is 0 Å². The molecule has 1 heterocycles. The fourth-order valence-electron chi connectivity index (χ4n) is 3.68. The minimum absolute atomic E-state index is 0.199. The van der Waals surface area contributed by atoms with Crippen molar-refractivity contribution in [1.82, 2.24) is 9.47 Å². The van der Waals surface area contributed by atoms with Gasteiger partial charge in [-0.15, -0.1) is 6.58 Å². The van der Waals surface area contributed by atoms with E-state index < -0.39 is 12.0 Å². The number of esters is 1. The highest BCUT2D eigenvalue weighted by Crippen LogP contribution is 2.26. The Morgan fingerprint density at radius 1 is 1.23 bits per heavy atom. The normalized spacial score (nSPS) is 11.7. The molecule has 0 saturated heterocycles. The molecule has 30 heavy (non-hydrogen) atoms. The molecule has 0 radical (unpaired) electrons. The molecule has 0 aliphatic rings. The molecule has 2 aromatic rings. The Labute approximate surface area is 182 Å². The average Bonchev–Trinajstić information content (AvgIpc) is 2.99. The van der Waals surface area contributed by atoms with Crippen molar-refractivity contribution in [3.05, 3.63) is 70.0 Å². The summed E-state index contributed by atoms with van der Waals surface area (Å²) in [6.45, 7) is 11.5. The lowest BCUT2D eigenvalue weighted by molar-refractivity contribution is 0.0587. The van der Waals surface area contributed by atoms with Crippen molar-refractivity contribution in [3.63, 3.8) is 0 Å². The summed E-state index contributed by atoms with van der Waals surface area (Å²) in [4.78, 5) is 40.3. The van der Waals surface area contributed by atoms with Crippen LogP contribution < -0.4 is 0 Å². The first kappa shape index (κ1) is 23.4. The second-order valence-corrected chi connectivity index (χ2v) is 7.40. The molecule has 0 saturated carbocycles. The Bertz CT molecular complexity index is 976. The molecule has 0 aliphatic heterocycles. The zero-order valence-corrected chi connectivity index (χ0v) is 18.7. The van der Waals surface area contributed by atoms with E-state index in [-0.39, 0.29) is 18.2 Å². The van der Waals surface area contributed by atoms with Crippen LogP contribution in [-0.2, 0) is 11.3 Å². The van der Waals surface area contributed by atoms with E-state index in [0.717, 1.165) is 0 Å². The van der Waals surface area contributed by atoms with Gasteiger partial charge in [0.25, 0.3) is 5.91 Å². The highest BCUT2D eigenvalue weighted by atomic mass is 35.5. The highest BCUT2D eigenvalue weighted by Gasteiger charge is 2.32. The van der Waals surface area contributed by atoms with Crippen LogP contribution in [0.5, 0.6) is 0 Å². The van der Waals surface area contributed by atoms with Gasteiger partial charge in [-0.2, -0.15) is 0 Å². The van der Waals surface area contributed by atoms with Gasteiger partial charge in [-0.25, -0.2) is 4.79 Å². The predicted molar refractivity (Wildman–Crippen MR) is 117 cm³/mol. The minimum atomic E-state index is -0.762. The summed E-state index contributed by atoms with van der Waals surface area (Å²) < 4.78 is 6.66. The predicted octanol–water partition coefficient (Wildman–Crippen LogP) is 4.46. The molecule has 1 atom stereocenters. The van der Waals surface area contributed by atoms with Gasteiger partial charge < -0.3 is 14.2 Å². The summed E-state index contributed by atoms with van der Waals surface area (Å²) in [5.41, 5.74) is 2.44. The van der Waals surface area contributed by atoms with Crippen molar-refractivity contribution in [2.24, 2.45) is 0 Å². The van der Waals surface area contributed by atoms with Gasteiger partial charge in [0.15, 0.2) is 5.78 Å². The van der Waals surface area contributed by atoms with Gasteiger partial charge in [0.2, 0.25) is 0 Å². The van der Waals surface area contributed by atoms with E-state index in [1.165, 1.54) is 12.0 Å². The number of hydrogen-bond acceptors (Lipinski definition) is 4. The summed E-state index contributed by atoms with van der Waals surface area (Å²) in [6.07, 6.45) is 1.58. The van der Waals surface area contributed by atoms with Gasteiger partial charge in [0, 0.05) is 34.9 Å². The highest BCUT2D eigenvalue weighted by molar-refractivity contribution is 6.30. The number of halogens is 1. The molecule has 160 valence electrons. The van der Waals surface area contributed by atoms with E-state index >= 15 is 0 Å². The van der Waals surface area contributed by atoms with Crippen molar-refractivity contribution in [3.8, 4) is 0 Å². The number of rotatable bonds is 8. The second kappa shape index (κ2) is 9.76. The maximum atomic E-state index is 13.5. The van der Waals surface area contributed by atoms with Gasteiger partial charge in [-0.3, -0.25) is 9.59 Å². The van der Waals surface area contributed by atoms with E-state index in [1.54, 1.807) is 55.7 Å². The Morgan fingerprint density at radius 3 is 2.33 bits per heavy atom. The lowest BCUT2D eigenvalue weighted by Crippen LogP contribution is -2.43. The van der Waals surface area contributed by atoms with Crippen molar-refractivity contribution < 1.29 is 19.1 Å². The van der Waals surface area contributed by atoms with Crippen LogP contribution in [0.4, 0.5) is 0 Å². The molecule has 0 spiro atoms. The first-order valence-electron chi connectivity index (χ1n) is 9.69. The van der Waals surface area contributed by atoms with E-state index in [9.17, 15) is 14.4 Å². The molecule has 0 bridgehead atoms. The van der Waals surface area contributed by atoms with Gasteiger partial charge in [0.1, 0.15) is 5.69 Å². The summed E-state index contributed by atoms with van der Waals surface area (Å²) >= 11 is 5.92. The molecular formula is C23H27ClN2O4. The van der Waals surface area contributed by atoms with E-state index in [0.29, 0.717) is 39.6 Å². The molecule has 1 aromatic carbocycles. The molecule has 7 heteroatoms. The molecule has 0 N–H and O–H groups in total. The monoisotopic (exact) mass is 430 g/mol. The molecule has 0 fully saturated rings. The second-order valence-electron chi connectivity index (χ2n) is 6.96. The summed E-state index contributed by atoms with van der Waals surface area (Å²) in [5.74, 6) is -1.04. The standard InChI is InChI=1S/C23H27ClN2O4/c1-7-13-26(22(28)17-9-11-18(24)12-10-17)16(5)21(27)19-14(3)20(23(29)30-6)25(8-2)15(19)4/h7,9-12,16H,1,8,13H2,2-6H3/t16-/m1/s1. The molecule has 0 aliphatic carbocycles. The van der Waals surface area contributed by atoms with Crippen LogP contribution in [-0.4, -0.2) is 46.8 Å². The third kappa shape index (κ3) is 4.33. The number of ether oxygens (including phenoxy) is 1. The number of nitrogens with zero attached hydrogens (tertiary/aromatic N) is 2. The Hall–Kier alpha value is -2.86. The SMILES string of the molecule is C=CCN(C(=O)c1ccc(Cl)cc1)[C@H](C)C(=O)c1c(C)c(C(=O)OC)n(CC)c1C. The van der Waals surface area contributed by atoms with Gasteiger partial charge in [0.05, 0.1) is 13.2 Å². The molecular weight excluding hydrogens is 404 g/mol. The van der Waals surface area contributed by atoms with Gasteiger partial charge >= 0.3 is 5.97 Å². The van der Waals surface area contributed by atoms with Crippen molar-refractivity contribution in [2.75, 3.05) is 13.7 Å². The maximum absolute atomic E-state index is 13.5. The number of carbonyl (C=O) groups excluding carboxylic acids is 3. The molecule has 2 rings (SSSR count). The third-order valence-electron chi connectivity index (χ3n) is 5.23. The average molecular weight is 431 g/mol. The minimum Gasteiger partial charge on any atom is -0.464 e. The lowest BCUT2D eigenvalue weighted by Gasteiger charge is -2.27. The van der Waals surface area contributed by atoms with Crippen LogP contribution in [0.1, 0.15) is 56.3 Å². The fourth-order valence-corrected chi connectivity index (χ4v) is 3.80. The smallest absolute Gasteiger partial charge is 0.354 e. The van der Waals surface area contributed by atoms with Crippen LogP contribution >= 0.6 is 11.6 Å². The van der Waals surface area contributed by atoms with Crippen molar-refractivity contribution >= 4 is 29.3 Å². The summed E-state index contributed by atoms with van der Waals surface area (Å²) in [7, 11) is 1.31. The number of hydrogen-bond donors (Lipinski definition) is 0. The van der Waals surface area contributed by atoms with Crippen LogP contribution in [0.15, 0.2) is 36.9 Å². The molecule has 0 unspecified atom stereocenters.